The van der Waals surface area contributed by atoms with Crippen molar-refractivity contribution in [1.29, 1.82) is 0 Å². The summed E-state index contributed by atoms with van der Waals surface area (Å²) in [6.07, 6.45) is 6.70. The predicted octanol–water partition coefficient (Wildman–Crippen LogP) is 0.999. The Morgan fingerprint density at radius 3 is 2.96 bits per heavy atom. The molecule has 2 amide bonds. The van der Waals surface area contributed by atoms with Crippen LogP contribution in [0, 0.1) is 0 Å². The SMILES string of the molecule is CC(NC(=O)[C@@H](N)CN1CCCC1=O)c1cccc(-n2ccnc2)c1. The van der Waals surface area contributed by atoms with E-state index in [-0.39, 0.29) is 24.4 Å². The third-order valence-electron chi connectivity index (χ3n) is 4.46. The number of carbonyl (C=O) groups excluding carboxylic acids is 2. The van der Waals surface area contributed by atoms with Crippen molar-refractivity contribution in [2.24, 2.45) is 5.73 Å². The summed E-state index contributed by atoms with van der Waals surface area (Å²) in [5.41, 5.74) is 7.93. The van der Waals surface area contributed by atoms with Crippen LogP contribution in [0.3, 0.4) is 0 Å². The number of likely N-dealkylation sites (tertiary alicyclic amines) is 1. The Bertz CT molecular complexity index is 744. The van der Waals surface area contributed by atoms with Gasteiger partial charge in [0, 0.05) is 37.6 Å². The van der Waals surface area contributed by atoms with Gasteiger partial charge in [0.1, 0.15) is 6.04 Å². The molecule has 7 nitrogen and oxygen atoms in total. The summed E-state index contributed by atoms with van der Waals surface area (Å²) in [6, 6.07) is 6.97. The molecule has 7 heteroatoms. The first-order chi connectivity index (χ1) is 12.0. The number of nitrogens with two attached hydrogens (primary N) is 1. The second-order valence-electron chi connectivity index (χ2n) is 6.35. The summed E-state index contributed by atoms with van der Waals surface area (Å²) in [5, 5.41) is 2.93. The molecule has 3 rings (SSSR count). The van der Waals surface area contributed by atoms with Crippen LogP contribution in [-0.2, 0) is 9.59 Å². The third-order valence-corrected chi connectivity index (χ3v) is 4.46. The van der Waals surface area contributed by atoms with E-state index in [4.69, 9.17) is 5.73 Å². The third kappa shape index (κ3) is 4.06. The van der Waals surface area contributed by atoms with Crippen LogP contribution in [0.2, 0.25) is 0 Å². The molecule has 1 unspecified atom stereocenters. The Morgan fingerprint density at radius 2 is 2.28 bits per heavy atom. The zero-order valence-corrected chi connectivity index (χ0v) is 14.3. The molecule has 25 heavy (non-hydrogen) atoms. The molecule has 0 bridgehead atoms. The molecule has 1 saturated heterocycles. The van der Waals surface area contributed by atoms with Gasteiger partial charge < -0.3 is 20.5 Å². The van der Waals surface area contributed by atoms with Crippen LogP contribution in [0.1, 0.15) is 31.4 Å². The number of aromatic nitrogens is 2. The van der Waals surface area contributed by atoms with Crippen LogP contribution in [-0.4, -0.2) is 45.4 Å². The highest BCUT2D eigenvalue weighted by Gasteiger charge is 2.25. The predicted molar refractivity (Wildman–Crippen MR) is 93.9 cm³/mol. The summed E-state index contributed by atoms with van der Waals surface area (Å²) < 4.78 is 1.91. The van der Waals surface area contributed by atoms with Crippen LogP contribution >= 0.6 is 0 Å². The van der Waals surface area contributed by atoms with Crippen molar-refractivity contribution in [3.05, 3.63) is 48.5 Å². The quantitative estimate of drug-likeness (QED) is 0.820. The van der Waals surface area contributed by atoms with Gasteiger partial charge in [0.05, 0.1) is 12.4 Å². The first-order valence-corrected chi connectivity index (χ1v) is 8.46. The van der Waals surface area contributed by atoms with E-state index in [0.29, 0.717) is 13.0 Å². The molecule has 0 spiro atoms. The van der Waals surface area contributed by atoms with E-state index in [1.807, 2.05) is 42.0 Å². The van der Waals surface area contributed by atoms with E-state index in [0.717, 1.165) is 17.7 Å². The van der Waals surface area contributed by atoms with Crippen molar-refractivity contribution in [1.82, 2.24) is 19.8 Å². The molecule has 0 saturated carbocycles. The smallest absolute Gasteiger partial charge is 0.239 e. The molecular formula is C18H23N5O2. The van der Waals surface area contributed by atoms with Crippen LogP contribution in [0.5, 0.6) is 0 Å². The van der Waals surface area contributed by atoms with Gasteiger partial charge in [-0.25, -0.2) is 4.98 Å². The lowest BCUT2D eigenvalue weighted by molar-refractivity contribution is -0.129. The molecule has 132 valence electrons. The Balaban J connectivity index is 1.61. The van der Waals surface area contributed by atoms with E-state index < -0.39 is 6.04 Å². The maximum Gasteiger partial charge on any atom is 0.239 e. The fraction of sp³-hybridized carbons (Fsp3) is 0.389. The second-order valence-corrected chi connectivity index (χ2v) is 6.35. The van der Waals surface area contributed by atoms with E-state index in [2.05, 4.69) is 10.3 Å². The maximum absolute atomic E-state index is 12.3. The Morgan fingerprint density at radius 1 is 1.44 bits per heavy atom. The van der Waals surface area contributed by atoms with E-state index in [9.17, 15) is 9.59 Å². The lowest BCUT2D eigenvalue weighted by atomic mass is 10.1. The molecule has 2 heterocycles. The number of amides is 2. The molecule has 1 aromatic carbocycles. The number of imidazole rings is 1. The molecule has 1 fully saturated rings. The van der Waals surface area contributed by atoms with Gasteiger partial charge in [-0.15, -0.1) is 0 Å². The van der Waals surface area contributed by atoms with Gasteiger partial charge >= 0.3 is 0 Å². The second kappa shape index (κ2) is 7.48. The fourth-order valence-electron chi connectivity index (χ4n) is 2.99. The number of rotatable bonds is 6. The minimum absolute atomic E-state index is 0.0735. The summed E-state index contributed by atoms with van der Waals surface area (Å²) in [6.45, 7) is 2.87. The summed E-state index contributed by atoms with van der Waals surface area (Å²) in [5.74, 6) is -0.176. The van der Waals surface area contributed by atoms with Gasteiger partial charge in [0.2, 0.25) is 11.8 Å². The summed E-state index contributed by atoms with van der Waals surface area (Å²) in [4.78, 5) is 29.7. The number of hydrogen-bond acceptors (Lipinski definition) is 4. The van der Waals surface area contributed by atoms with Crippen LogP contribution < -0.4 is 11.1 Å². The molecule has 2 aromatic rings. The van der Waals surface area contributed by atoms with Gasteiger partial charge in [-0.2, -0.15) is 0 Å². The highest BCUT2D eigenvalue weighted by Crippen LogP contribution is 2.17. The minimum Gasteiger partial charge on any atom is -0.348 e. The Hall–Kier alpha value is -2.67. The number of benzene rings is 1. The van der Waals surface area contributed by atoms with Crippen LogP contribution in [0.15, 0.2) is 43.0 Å². The first-order valence-electron chi connectivity index (χ1n) is 8.46. The van der Waals surface area contributed by atoms with Crippen molar-refractivity contribution in [2.75, 3.05) is 13.1 Å². The standard InChI is InChI=1S/C18H23N5O2/c1-13(14-4-2-5-15(10-14)23-9-7-20-12-23)21-18(25)16(19)11-22-8-3-6-17(22)24/h2,4-5,7,9-10,12-13,16H,3,6,8,11,19H2,1H3,(H,21,25)/t13?,16-/m0/s1. The highest BCUT2D eigenvalue weighted by atomic mass is 16.2. The van der Waals surface area contributed by atoms with Crippen LogP contribution in [0.4, 0.5) is 0 Å². The largest absolute Gasteiger partial charge is 0.348 e. The molecule has 1 aromatic heterocycles. The molecule has 1 aliphatic rings. The molecule has 2 atom stereocenters. The van der Waals surface area contributed by atoms with E-state index in [1.165, 1.54) is 0 Å². The molecule has 0 aliphatic carbocycles. The van der Waals surface area contributed by atoms with Gasteiger partial charge in [-0.1, -0.05) is 12.1 Å². The molecular weight excluding hydrogens is 318 g/mol. The number of hydrogen-bond donors (Lipinski definition) is 2. The van der Waals surface area contributed by atoms with Gasteiger partial charge in [0.25, 0.3) is 0 Å². The summed E-state index contributed by atoms with van der Waals surface area (Å²) in [7, 11) is 0. The number of nitrogens with zero attached hydrogens (tertiary/aromatic N) is 3. The van der Waals surface area contributed by atoms with Gasteiger partial charge in [-0.05, 0) is 31.0 Å². The Kier molecular flexibility index (Phi) is 5.14. The lowest BCUT2D eigenvalue weighted by Crippen LogP contribution is -2.48. The maximum atomic E-state index is 12.3. The molecule has 3 N–H and O–H groups in total. The fourth-order valence-corrected chi connectivity index (χ4v) is 2.99. The zero-order chi connectivity index (χ0) is 17.8. The van der Waals surface area contributed by atoms with Crippen molar-refractivity contribution in [3.63, 3.8) is 0 Å². The highest BCUT2D eigenvalue weighted by molar-refractivity contribution is 5.84. The average molecular weight is 341 g/mol. The normalized spacial score (nSPS) is 16.7. The van der Waals surface area contributed by atoms with Crippen molar-refractivity contribution in [2.45, 2.75) is 31.8 Å². The van der Waals surface area contributed by atoms with Crippen molar-refractivity contribution in [3.8, 4) is 5.69 Å². The monoisotopic (exact) mass is 341 g/mol. The van der Waals surface area contributed by atoms with E-state index in [1.54, 1.807) is 17.4 Å². The summed E-state index contributed by atoms with van der Waals surface area (Å²) >= 11 is 0. The van der Waals surface area contributed by atoms with E-state index >= 15 is 0 Å². The minimum atomic E-state index is -0.721. The molecule has 1 aliphatic heterocycles. The van der Waals surface area contributed by atoms with Gasteiger partial charge in [0.15, 0.2) is 0 Å². The first kappa shape index (κ1) is 17.2. The lowest BCUT2D eigenvalue weighted by Gasteiger charge is -2.22. The average Bonchev–Trinajstić information content (AvgIpc) is 3.27. The van der Waals surface area contributed by atoms with Crippen LogP contribution in [0.25, 0.3) is 5.69 Å². The Labute approximate surface area is 146 Å². The van der Waals surface area contributed by atoms with Crippen molar-refractivity contribution < 1.29 is 9.59 Å². The molecule has 0 radical (unpaired) electrons. The number of carbonyl (C=O) groups is 2. The van der Waals surface area contributed by atoms with Crippen molar-refractivity contribution >= 4 is 11.8 Å². The van der Waals surface area contributed by atoms with Gasteiger partial charge in [-0.3, -0.25) is 9.59 Å². The zero-order valence-electron chi connectivity index (χ0n) is 14.3. The topological polar surface area (TPSA) is 93.3 Å². The number of nitrogens with one attached hydrogen (secondary N) is 1.